The van der Waals surface area contributed by atoms with E-state index in [0.717, 1.165) is 24.8 Å². The fourth-order valence-corrected chi connectivity index (χ4v) is 1.70. The Kier molecular flexibility index (Phi) is 5.03. The standard InChI is InChI=1S/C14H21NO/c1-4-6-11(3)15-14(16)13-9-7-12(5-2)8-10-13/h7-11H,4-6H2,1-3H3,(H,15,16). The molecular weight excluding hydrogens is 198 g/mol. The van der Waals surface area contributed by atoms with Gasteiger partial charge in [0.1, 0.15) is 0 Å². The summed E-state index contributed by atoms with van der Waals surface area (Å²) in [6.07, 6.45) is 3.13. The second-order valence-electron chi connectivity index (χ2n) is 4.21. The average molecular weight is 219 g/mol. The Labute approximate surface area is 98.1 Å². The van der Waals surface area contributed by atoms with Crippen LogP contribution in [0.3, 0.4) is 0 Å². The minimum Gasteiger partial charge on any atom is -0.350 e. The van der Waals surface area contributed by atoms with E-state index in [1.54, 1.807) is 0 Å². The monoisotopic (exact) mass is 219 g/mol. The van der Waals surface area contributed by atoms with Crippen molar-refractivity contribution in [3.8, 4) is 0 Å². The first-order chi connectivity index (χ1) is 7.67. The van der Waals surface area contributed by atoms with Gasteiger partial charge in [-0.25, -0.2) is 0 Å². The molecule has 1 rings (SSSR count). The number of benzene rings is 1. The summed E-state index contributed by atoms with van der Waals surface area (Å²) < 4.78 is 0. The van der Waals surface area contributed by atoms with Crippen molar-refractivity contribution in [2.24, 2.45) is 0 Å². The topological polar surface area (TPSA) is 29.1 Å². The van der Waals surface area contributed by atoms with Gasteiger partial charge in [-0.05, 0) is 37.5 Å². The summed E-state index contributed by atoms with van der Waals surface area (Å²) in [5.41, 5.74) is 2.01. The van der Waals surface area contributed by atoms with Crippen LogP contribution in [0.1, 0.15) is 49.5 Å². The van der Waals surface area contributed by atoms with Crippen molar-refractivity contribution >= 4 is 5.91 Å². The largest absolute Gasteiger partial charge is 0.350 e. The Balaban J connectivity index is 2.59. The second-order valence-corrected chi connectivity index (χ2v) is 4.21. The molecule has 0 spiro atoms. The highest BCUT2D eigenvalue weighted by atomic mass is 16.1. The zero-order valence-corrected chi connectivity index (χ0v) is 10.4. The van der Waals surface area contributed by atoms with E-state index < -0.39 is 0 Å². The van der Waals surface area contributed by atoms with Gasteiger partial charge >= 0.3 is 0 Å². The number of hydrogen-bond donors (Lipinski definition) is 1. The van der Waals surface area contributed by atoms with Crippen LogP contribution in [0.5, 0.6) is 0 Å². The molecule has 2 nitrogen and oxygen atoms in total. The van der Waals surface area contributed by atoms with Gasteiger partial charge in [-0.3, -0.25) is 4.79 Å². The van der Waals surface area contributed by atoms with Crippen LogP contribution in [0.25, 0.3) is 0 Å². The van der Waals surface area contributed by atoms with Crippen LogP contribution in [0.15, 0.2) is 24.3 Å². The minimum absolute atomic E-state index is 0.0311. The van der Waals surface area contributed by atoms with Crippen LogP contribution >= 0.6 is 0 Å². The molecule has 0 aliphatic rings. The van der Waals surface area contributed by atoms with Crippen LogP contribution in [-0.2, 0) is 6.42 Å². The van der Waals surface area contributed by atoms with Crippen molar-refractivity contribution in [3.05, 3.63) is 35.4 Å². The normalized spacial score (nSPS) is 12.2. The van der Waals surface area contributed by atoms with Gasteiger partial charge in [0.05, 0.1) is 0 Å². The lowest BCUT2D eigenvalue weighted by Crippen LogP contribution is -2.32. The first-order valence-corrected chi connectivity index (χ1v) is 6.07. The summed E-state index contributed by atoms with van der Waals surface area (Å²) in [6.45, 7) is 6.28. The fraction of sp³-hybridized carbons (Fsp3) is 0.500. The lowest BCUT2D eigenvalue weighted by Gasteiger charge is -2.12. The molecule has 88 valence electrons. The summed E-state index contributed by atoms with van der Waals surface area (Å²) in [7, 11) is 0. The molecule has 0 aliphatic carbocycles. The zero-order chi connectivity index (χ0) is 12.0. The second kappa shape index (κ2) is 6.31. The van der Waals surface area contributed by atoms with Crippen molar-refractivity contribution in [2.45, 2.75) is 46.1 Å². The summed E-state index contributed by atoms with van der Waals surface area (Å²) in [4.78, 5) is 11.8. The molecule has 0 fully saturated rings. The Morgan fingerprint density at radius 1 is 1.25 bits per heavy atom. The number of nitrogens with one attached hydrogen (secondary N) is 1. The highest BCUT2D eigenvalue weighted by Gasteiger charge is 2.08. The van der Waals surface area contributed by atoms with Gasteiger partial charge in [0.25, 0.3) is 5.91 Å². The molecule has 0 aliphatic heterocycles. The highest BCUT2D eigenvalue weighted by molar-refractivity contribution is 5.94. The SMILES string of the molecule is CCCC(C)NC(=O)c1ccc(CC)cc1. The lowest BCUT2D eigenvalue weighted by molar-refractivity contribution is 0.0938. The van der Waals surface area contributed by atoms with Gasteiger partial charge in [-0.2, -0.15) is 0 Å². The molecule has 0 aromatic heterocycles. The molecule has 2 heteroatoms. The average Bonchev–Trinajstić information content (AvgIpc) is 2.29. The van der Waals surface area contributed by atoms with E-state index in [4.69, 9.17) is 0 Å². The van der Waals surface area contributed by atoms with E-state index >= 15 is 0 Å². The van der Waals surface area contributed by atoms with Crippen molar-refractivity contribution in [1.82, 2.24) is 5.32 Å². The maximum atomic E-state index is 11.8. The van der Waals surface area contributed by atoms with Gasteiger partial charge < -0.3 is 5.32 Å². The van der Waals surface area contributed by atoms with Crippen molar-refractivity contribution in [2.75, 3.05) is 0 Å². The number of carbonyl (C=O) groups excluding carboxylic acids is 1. The number of hydrogen-bond acceptors (Lipinski definition) is 1. The summed E-state index contributed by atoms with van der Waals surface area (Å²) >= 11 is 0. The van der Waals surface area contributed by atoms with Crippen LogP contribution in [-0.4, -0.2) is 11.9 Å². The maximum absolute atomic E-state index is 11.8. The van der Waals surface area contributed by atoms with E-state index in [1.165, 1.54) is 5.56 Å². The van der Waals surface area contributed by atoms with Crippen LogP contribution in [0.4, 0.5) is 0 Å². The van der Waals surface area contributed by atoms with E-state index in [0.29, 0.717) is 0 Å². The third-order valence-electron chi connectivity index (χ3n) is 2.72. The number of carbonyl (C=O) groups is 1. The van der Waals surface area contributed by atoms with Crippen molar-refractivity contribution in [1.29, 1.82) is 0 Å². The van der Waals surface area contributed by atoms with Crippen LogP contribution in [0.2, 0.25) is 0 Å². The molecule has 0 saturated heterocycles. The molecule has 16 heavy (non-hydrogen) atoms. The molecule has 0 saturated carbocycles. The maximum Gasteiger partial charge on any atom is 0.251 e. The molecule has 1 amide bonds. The Morgan fingerprint density at radius 2 is 1.88 bits per heavy atom. The number of aryl methyl sites for hydroxylation is 1. The third-order valence-corrected chi connectivity index (χ3v) is 2.72. The first-order valence-electron chi connectivity index (χ1n) is 6.07. The minimum atomic E-state index is 0.0311. The molecule has 1 atom stereocenters. The van der Waals surface area contributed by atoms with E-state index in [-0.39, 0.29) is 11.9 Å². The highest BCUT2D eigenvalue weighted by Crippen LogP contribution is 2.06. The van der Waals surface area contributed by atoms with E-state index in [2.05, 4.69) is 19.2 Å². The van der Waals surface area contributed by atoms with Gasteiger partial charge in [0.15, 0.2) is 0 Å². The lowest BCUT2D eigenvalue weighted by atomic mass is 10.1. The Hall–Kier alpha value is -1.31. The van der Waals surface area contributed by atoms with Crippen molar-refractivity contribution in [3.63, 3.8) is 0 Å². The molecule has 0 bridgehead atoms. The fourth-order valence-electron chi connectivity index (χ4n) is 1.70. The quantitative estimate of drug-likeness (QED) is 0.809. The van der Waals surface area contributed by atoms with Gasteiger partial charge in [0.2, 0.25) is 0 Å². The van der Waals surface area contributed by atoms with E-state index in [1.807, 2.05) is 31.2 Å². The first kappa shape index (κ1) is 12.8. The molecule has 1 aromatic carbocycles. The number of rotatable bonds is 5. The molecule has 1 aromatic rings. The summed E-state index contributed by atoms with van der Waals surface area (Å²) in [6, 6.07) is 8.07. The molecular formula is C14H21NO. The van der Waals surface area contributed by atoms with Gasteiger partial charge in [-0.1, -0.05) is 32.4 Å². The number of amides is 1. The third kappa shape index (κ3) is 3.69. The smallest absolute Gasteiger partial charge is 0.251 e. The molecule has 1 N–H and O–H groups in total. The predicted molar refractivity (Wildman–Crippen MR) is 67.7 cm³/mol. The molecule has 1 unspecified atom stereocenters. The van der Waals surface area contributed by atoms with Gasteiger partial charge in [-0.15, -0.1) is 0 Å². The molecule has 0 heterocycles. The van der Waals surface area contributed by atoms with E-state index in [9.17, 15) is 4.79 Å². The van der Waals surface area contributed by atoms with Gasteiger partial charge in [0, 0.05) is 11.6 Å². The Morgan fingerprint density at radius 3 is 2.38 bits per heavy atom. The van der Waals surface area contributed by atoms with Crippen molar-refractivity contribution < 1.29 is 4.79 Å². The summed E-state index contributed by atoms with van der Waals surface area (Å²) in [5, 5.41) is 3.00. The Bertz CT molecular complexity index is 329. The van der Waals surface area contributed by atoms with Crippen LogP contribution in [0, 0.1) is 0 Å². The summed E-state index contributed by atoms with van der Waals surface area (Å²) in [5.74, 6) is 0.0311. The predicted octanol–water partition coefficient (Wildman–Crippen LogP) is 3.17. The molecule has 0 radical (unpaired) electrons. The zero-order valence-electron chi connectivity index (χ0n) is 10.4. The van der Waals surface area contributed by atoms with Crippen LogP contribution < -0.4 is 5.32 Å².